The largest absolute Gasteiger partial charge is 0.268 e. The fourth-order valence-corrected chi connectivity index (χ4v) is 6.07. The first kappa shape index (κ1) is 27.8. The predicted molar refractivity (Wildman–Crippen MR) is 115 cm³/mol. The van der Waals surface area contributed by atoms with Crippen molar-refractivity contribution in [1.82, 2.24) is 0 Å². The van der Waals surface area contributed by atoms with Gasteiger partial charge < -0.3 is 0 Å². The Kier molecular flexibility index (Phi) is 15.5. The molecule has 0 aromatic rings. The van der Waals surface area contributed by atoms with Crippen LogP contribution in [0.25, 0.3) is 0 Å². The van der Waals surface area contributed by atoms with Gasteiger partial charge in [0.15, 0.2) is 0 Å². The van der Waals surface area contributed by atoms with Gasteiger partial charge in [0.1, 0.15) is 0 Å². The summed E-state index contributed by atoms with van der Waals surface area (Å²) in [6.45, 7) is 8.00. The van der Waals surface area contributed by atoms with Crippen LogP contribution in [0.2, 0.25) is 0 Å². The highest BCUT2D eigenvalue weighted by Crippen LogP contribution is 2.16. The lowest BCUT2D eigenvalue weighted by atomic mass is 10.1. The molecule has 0 saturated carbocycles. The molecule has 0 radical (unpaired) electrons. The molecule has 2 unspecified atom stereocenters. The van der Waals surface area contributed by atoms with Gasteiger partial charge in [0.05, 0.1) is 23.7 Å². The van der Waals surface area contributed by atoms with Crippen LogP contribution in [0.1, 0.15) is 105 Å². The van der Waals surface area contributed by atoms with Gasteiger partial charge in [0.25, 0.3) is 20.2 Å². The normalized spacial score (nSPS) is 14.9. The number of unbranched alkanes of at least 4 members (excludes halogenated alkanes) is 6. The fourth-order valence-electron chi connectivity index (χ4n) is 2.95. The van der Waals surface area contributed by atoms with Crippen molar-refractivity contribution in [3.8, 4) is 0 Å². The average molecular weight is 443 g/mol. The Bertz CT molecular complexity index is 520. The summed E-state index contributed by atoms with van der Waals surface area (Å²) >= 11 is 0. The lowest BCUT2D eigenvalue weighted by molar-refractivity contribution is 0.186. The van der Waals surface area contributed by atoms with E-state index in [1.165, 1.54) is 0 Å². The Morgan fingerprint density at radius 2 is 0.929 bits per heavy atom. The maximum Gasteiger partial charge on any atom is 0.268 e. The van der Waals surface area contributed by atoms with E-state index < -0.39 is 31.7 Å². The summed E-state index contributed by atoms with van der Waals surface area (Å²) in [5.74, 6) is -1.12. The van der Waals surface area contributed by atoms with Crippen LogP contribution in [0.15, 0.2) is 0 Å². The fraction of sp³-hybridized carbons (Fsp3) is 1.00. The summed E-state index contributed by atoms with van der Waals surface area (Å²) in [6.07, 6.45) is 10.2. The van der Waals surface area contributed by atoms with E-state index in [4.69, 9.17) is 8.37 Å². The zero-order valence-electron chi connectivity index (χ0n) is 18.3. The van der Waals surface area contributed by atoms with Gasteiger partial charge in [-0.1, -0.05) is 79.1 Å². The molecule has 2 atom stereocenters. The smallest absolute Gasteiger partial charge is 0.267 e. The van der Waals surface area contributed by atoms with E-state index in [1.807, 2.05) is 13.8 Å². The molecule has 170 valence electrons. The van der Waals surface area contributed by atoms with Crippen molar-refractivity contribution in [2.24, 2.45) is 0 Å². The molecule has 0 aromatic heterocycles. The summed E-state index contributed by atoms with van der Waals surface area (Å²) in [5, 5.41) is 0. The molecule has 0 rings (SSSR count). The number of hydrogen-bond acceptors (Lipinski definition) is 6. The van der Waals surface area contributed by atoms with Crippen LogP contribution in [-0.4, -0.2) is 40.5 Å². The first-order valence-corrected chi connectivity index (χ1v) is 14.2. The van der Waals surface area contributed by atoms with Crippen LogP contribution in [-0.2, 0) is 28.6 Å². The lowest BCUT2D eigenvalue weighted by Crippen LogP contribution is -2.27. The van der Waals surface area contributed by atoms with Gasteiger partial charge in [-0.2, -0.15) is 16.8 Å². The van der Waals surface area contributed by atoms with E-state index in [1.54, 1.807) is 0 Å². The highest BCUT2D eigenvalue weighted by atomic mass is 32.2. The Labute approximate surface area is 174 Å². The van der Waals surface area contributed by atoms with Crippen molar-refractivity contribution < 1.29 is 25.2 Å². The second-order valence-electron chi connectivity index (χ2n) is 7.48. The topological polar surface area (TPSA) is 86.7 Å². The third kappa shape index (κ3) is 14.8. The van der Waals surface area contributed by atoms with Gasteiger partial charge in [-0.3, -0.25) is 8.37 Å². The van der Waals surface area contributed by atoms with E-state index in [2.05, 4.69) is 13.8 Å². The molecule has 0 spiro atoms. The van der Waals surface area contributed by atoms with Crippen LogP contribution in [0.5, 0.6) is 0 Å². The van der Waals surface area contributed by atoms with Gasteiger partial charge in [0, 0.05) is 0 Å². The zero-order chi connectivity index (χ0) is 21.5. The molecule has 0 N–H and O–H groups in total. The quantitative estimate of drug-likeness (QED) is 0.202. The van der Waals surface area contributed by atoms with Gasteiger partial charge in [-0.15, -0.1) is 0 Å². The predicted octanol–water partition coefficient (Wildman–Crippen LogP) is 5.18. The Morgan fingerprint density at radius 1 is 0.571 bits per heavy atom. The van der Waals surface area contributed by atoms with Gasteiger partial charge in [0.2, 0.25) is 0 Å². The third-order valence-corrected chi connectivity index (χ3v) is 7.62. The third-order valence-electron chi connectivity index (χ3n) is 4.82. The van der Waals surface area contributed by atoms with Crippen molar-refractivity contribution in [2.75, 3.05) is 11.5 Å². The molecule has 0 bridgehead atoms. The average Bonchev–Trinajstić information content (AvgIpc) is 2.65. The van der Waals surface area contributed by atoms with E-state index in [0.29, 0.717) is 25.7 Å². The zero-order valence-corrected chi connectivity index (χ0v) is 20.0. The highest BCUT2D eigenvalue weighted by molar-refractivity contribution is 7.90. The van der Waals surface area contributed by atoms with Crippen molar-refractivity contribution >= 4 is 20.2 Å². The molecule has 0 aromatic carbocycles. The second-order valence-corrected chi connectivity index (χ2v) is 10.9. The first-order valence-electron chi connectivity index (χ1n) is 11.0. The molecule has 0 amide bonds. The minimum Gasteiger partial charge on any atom is -0.267 e. The molecule has 28 heavy (non-hydrogen) atoms. The van der Waals surface area contributed by atoms with Crippen LogP contribution >= 0.6 is 0 Å². The summed E-state index contributed by atoms with van der Waals surface area (Å²) in [6, 6.07) is 0. The molecule has 0 aliphatic carbocycles. The van der Waals surface area contributed by atoms with E-state index in [0.717, 1.165) is 51.4 Å². The highest BCUT2D eigenvalue weighted by Gasteiger charge is 2.24. The van der Waals surface area contributed by atoms with Crippen molar-refractivity contribution in [2.45, 2.75) is 117 Å². The minimum absolute atomic E-state index is 0.382. The van der Waals surface area contributed by atoms with Crippen molar-refractivity contribution in [3.05, 3.63) is 0 Å². The van der Waals surface area contributed by atoms with Gasteiger partial charge >= 0.3 is 0 Å². The Balaban J connectivity index is 4.46. The van der Waals surface area contributed by atoms with Crippen molar-refractivity contribution in [3.63, 3.8) is 0 Å². The Morgan fingerprint density at radius 3 is 1.21 bits per heavy atom. The standard InChI is InChI=1S/C20H42O6S2/c1-5-9-11-13-15-19(7-3)25-27(21,22)17-18-28(23,24)26-20(8-4)16-14-12-10-6-2/h19-20H,5-18H2,1-4H3. The van der Waals surface area contributed by atoms with E-state index in [-0.39, 0.29) is 12.2 Å². The van der Waals surface area contributed by atoms with Crippen LogP contribution in [0.3, 0.4) is 0 Å². The molecule has 0 aliphatic heterocycles. The number of rotatable bonds is 19. The van der Waals surface area contributed by atoms with Crippen LogP contribution in [0, 0.1) is 0 Å². The monoisotopic (exact) mass is 442 g/mol. The lowest BCUT2D eigenvalue weighted by Gasteiger charge is -2.17. The molecule has 0 fully saturated rings. The SMILES string of the molecule is CCCCCCC(CC)OS(=O)(=O)CCS(=O)(=O)OC(CC)CCCCCC. The second kappa shape index (κ2) is 15.6. The van der Waals surface area contributed by atoms with Crippen LogP contribution < -0.4 is 0 Å². The summed E-state index contributed by atoms with van der Waals surface area (Å²) in [7, 11) is -7.79. The van der Waals surface area contributed by atoms with Gasteiger partial charge in [-0.05, 0) is 25.7 Å². The van der Waals surface area contributed by atoms with Crippen molar-refractivity contribution in [1.29, 1.82) is 0 Å². The number of hydrogen-bond donors (Lipinski definition) is 0. The molecule has 0 aliphatic rings. The molecule has 8 heteroatoms. The van der Waals surface area contributed by atoms with E-state index in [9.17, 15) is 16.8 Å². The van der Waals surface area contributed by atoms with Gasteiger partial charge in [-0.25, -0.2) is 0 Å². The van der Waals surface area contributed by atoms with E-state index >= 15 is 0 Å². The maximum atomic E-state index is 12.2. The Hall–Kier alpha value is -0.180. The first-order chi connectivity index (χ1) is 13.2. The maximum absolute atomic E-state index is 12.2. The molecular weight excluding hydrogens is 400 g/mol. The summed E-state index contributed by atoms with van der Waals surface area (Å²) in [5.41, 5.74) is 0. The van der Waals surface area contributed by atoms with Crippen LogP contribution in [0.4, 0.5) is 0 Å². The summed E-state index contributed by atoms with van der Waals surface area (Å²) in [4.78, 5) is 0. The minimum atomic E-state index is -3.89. The molecule has 0 heterocycles. The summed E-state index contributed by atoms with van der Waals surface area (Å²) < 4.78 is 59.2. The molecule has 6 nitrogen and oxygen atoms in total. The molecule has 0 saturated heterocycles. The molecular formula is C20H42O6S2.